The van der Waals surface area contributed by atoms with E-state index in [1.165, 1.54) is 0 Å². The van der Waals surface area contributed by atoms with Crippen LogP contribution in [0.2, 0.25) is 0 Å². The van der Waals surface area contributed by atoms with Crippen LogP contribution in [0.3, 0.4) is 0 Å². The number of aromatic nitrogens is 3. The first-order valence-corrected chi connectivity index (χ1v) is 7.91. The van der Waals surface area contributed by atoms with Crippen molar-refractivity contribution in [3.63, 3.8) is 0 Å². The topological polar surface area (TPSA) is 68.8 Å². The minimum atomic E-state index is 0.167. The Morgan fingerprint density at radius 1 is 1.45 bits per heavy atom. The van der Waals surface area contributed by atoms with E-state index in [0.29, 0.717) is 6.04 Å². The van der Waals surface area contributed by atoms with Crippen LogP contribution in [0.5, 0.6) is 0 Å². The molecule has 5 nitrogen and oxygen atoms in total. The third-order valence-corrected chi connectivity index (χ3v) is 4.47. The Kier molecular flexibility index (Phi) is 5.28. The van der Waals surface area contributed by atoms with Gasteiger partial charge in [-0.15, -0.1) is 11.3 Å². The molecule has 2 aromatic heterocycles. The Morgan fingerprint density at radius 2 is 2.25 bits per heavy atom. The molecule has 0 aromatic carbocycles. The number of rotatable bonds is 7. The summed E-state index contributed by atoms with van der Waals surface area (Å²) in [4.78, 5) is 4.48. The summed E-state index contributed by atoms with van der Waals surface area (Å²) < 4.78 is 2.02. The molecule has 0 spiro atoms. The van der Waals surface area contributed by atoms with Crippen molar-refractivity contribution >= 4 is 11.3 Å². The van der Waals surface area contributed by atoms with Crippen molar-refractivity contribution in [2.45, 2.75) is 52.1 Å². The molecule has 20 heavy (non-hydrogen) atoms. The highest BCUT2D eigenvalue weighted by Crippen LogP contribution is 2.14. The van der Waals surface area contributed by atoms with Gasteiger partial charge in [0, 0.05) is 42.2 Å². The molecule has 0 amide bonds. The molecule has 0 aliphatic rings. The predicted molar refractivity (Wildman–Crippen MR) is 82.6 cm³/mol. The fourth-order valence-corrected chi connectivity index (χ4v) is 2.92. The van der Waals surface area contributed by atoms with Gasteiger partial charge >= 0.3 is 0 Å². The summed E-state index contributed by atoms with van der Waals surface area (Å²) >= 11 is 1.69. The van der Waals surface area contributed by atoms with E-state index in [1.54, 1.807) is 11.3 Å². The number of hydrazine groups is 1. The molecular formula is C14H23N5S. The van der Waals surface area contributed by atoms with Crippen LogP contribution >= 0.6 is 11.3 Å². The van der Waals surface area contributed by atoms with Crippen molar-refractivity contribution < 1.29 is 0 Å². The zero-order valence-corrected chi connectivity index (χ0v) is 13.2. The van der Waals surface area contributed by atoms with E-state index in [4.69, 9.17) is 5.84 Å². The Hall–Kier alpha value is -1.24. The number of nitrogens with two attached hydrogens (primary N) is 1. The van der Waals surface area contributed by atoms with Gasteiger partial charge in [-0.05, 0) is 26.3 Å². The molecule has 0 radical (unpaired) electrons. The molecule has 2 atom stereocenters. The van der Waals surface area contributed by atoms with Gasteiger partial charge in [-0.3, -0.25) is 16.0 Å². The summed E-state index contributed by atoms with van der Waals surface area (Å²) in [7, 11) is 0. The quantitative estimate of drug-likeness (QED) is 0.607. The minimum absolute atomic E-state index is 0.167. The zero-order chi connectivity index (χ0) is 14.5. The molecule has 0 aliphatic carbocycles. The van der Waals surface area contributed by atoms with Gasteiger partial charge in [-0.2, -0.15) is 5.10 Å². The van der Waals surface area contributed by atoms with Gasteiger partial charge < -0.3 is 0 Å². The maximum atomic E-state index is 5.66. The SMILES string of the molecule is CCC(C)n1ccc(CC(Cc2nc(C)cs2)NN)n1. The van der Waals surface area contributed by atoms with Gasteiger partial charge in [-0.1, -0.05) is 6.92 Å². The fraction of sp³-hybridized carbons (Fsp3) is 0.571. The number of hydrogen-bond donors (Lipinski definition) is 2. The van der Waals surface area contributed by atoms with Gasteiger partial charge in [0.1, 0.15) is 0 Å². The monoisotopic (exact) mass is 293 g/mol. The van der Waals surface area contributed by atoms with Crippen LogP contribution in [-0.4, -0.2) is 20.8 Å². The van der Waals surface area contributed by atoms with Gasteiger partial charge in [0.15, 0.2) is 0 Å². The van der Waals surface area contributed by atoms with Crippen LogP contribution in [0.15, 0.2) is 17.6 Å². The van der Waals surface area contributed by atoms with Crippen LogP contribution in [0, 0.1) is 6.92 Å². The molecular weight excluding hydrogens is 270 g/mol. The highest BCUT2D eigenvalue weighted by atomic mass is 32.1. The van der Waals surface area contributed by atoms with Crippen molar-refractivity contribution in [1.82, 2.24) is 20.2 Å². The number of thiazole rings is 1. The molecule has 2 heterocycles. The molecule has 6 heteroatoms. The fourth-order valence-electron chi connectivity index (χ4n) is 2.07. The summed E-state index contributed by atoms with van der Waals surface area (Å²) in [5.74, 6) is 5.66. The Labute approximate surface area is 124 Å². The van der Waals surface area contributed by atoms with Crippen LogP contribution in [-0.2, 0) is 12.8 Å². The lowest BCUT2D eigenvalue weighted by Gasteiger charge is -2.13. The Morgan fingerprint density at radius 3 is 2.85 bits per heavy atom. The highest BCUT2D eigenvalue weighted by molar-refractivity contribution is 7.09. The minimum Gasteiger partial charge on any atom is -0.271 e. The van der Waals surface area contributed by atoms with Gasteiger partial charge in [-0.25, -0.2) is 4.98 Å². The van der Waals surface area contributed by atoms with Gasteiger partial charge in [0.05, 0.1) is 10.7 Å². The molecule has 0 saturated carbocycles. The molecule has 0 saturated heterocycles. The Bertz CT molecular complexity index is 533. The molecule has 3 N–H and O–H groups in total. The van der Waals surface area contributed by atoms with Crippen molar-refractivity contribution in [1.29, 1.82) is 0 Å². The third kappa shape index (κ3) is 3.88. The third-order valence-electron chi connectivity index (χ3n) is 3.48. The average Bonchev–Trinajstić information content (AvgIpc) is 3.06. The first kappa shape index (κ1) is 15.2. The second-order valence-electron chi connectivity index (χ2n) is 5.20. The number of aryl methyl sites for hydroxylation is 1. The first-order chi connectivity index (χ1) is 9.62. The largest absolute Gasteiger partial charge is 0.271 e. The number of nitrogens with zero attached hydrogens (tertiary/aromatic N) is 3. The van der Waals surface area contributed by atoms with E-state index in [-0.39, 0.29) is 6.04 Å². The first-order valence-electron chi connectivity index (χ1n) is 7.03. The predicted octanol–water partition coefficient (Wildman–Crippen LogP) is 2.24. The lowest BCUT2D eigenvalue weighted by Crippen LogP contribution is -2.38. The van der Waals surface area contributed by atoms with Crippen molar-refractivity contribution in [3.8, 4) is 0 Å². The second kappa shape index (κ2) is 6.97. The lowest BCUT2D eigenvalue weighted by atomic mass is 10.1. The van der Waals surface area contributed by atoms with E-state index in [0.717, 1.165) is 35.7 Å². The summed E-state index contributed by atoms with van der Waals surface area (Å²) in [5.41, 5.74) is 5.02. The zero-order valence-electron chi connectivity index (χ0n) is 12.3. The van der Waals surface area contributed by atoms with Crippen LogP contribution in [0.1, 0.15) is 42.7 Å². The molecule has 2 aromatic rings. The molecule has 0 fully saturated rings. The van der Waals surface area contributed by atoms with Gasteiger partial charge in [0.25, 0.3) is 0 Å². The van der Waals surface area contributed by atoms with E-state index in [1.807, 2.05) is 17.8 Å². The van der Waals surface area contributed by atoms with Gasteiger partial charge in [0.2, 0.25) is 0 Å². The van der Waals surface area contributed by atoms with Crippen LogP contribution in [0.4, 0.5) is 0 Å². The van der Waals surface area contributed by atoms with Crippen molar-refractivity contribution in [2.24, 2.45) is 5.84 Å². The normalized spacial score (nSPS) is 14.4. The highest BCUT2D eigenvalue weighted by Gasteiger charge is 2.13. The van der Waals surface area contributed by atoms with Crippen LogP contribution < -0.4 is 11.3 Å². The summed E-state index contributed by atoms with van der Waals surface area (Å²) in [6.45, 7) is 6.35. The summed E-state index contributed by atoms with van der Waals surface area (Å²) in [6.07, 6.45) is 4.78. The van der Waals surface area contributed by atoms with E-state index in [9.17, 15) is 0 Å². The number of hydrogen-bond acceptors (Lipinski definition) is 5. The maximum Gasteiger partial charge on any atom is 0.0944 e. The molecule has 2 rings (SSSR count). The van der Waals surface area contributed by atoms with Crippen molar-refractivity contribution in [2.75, 3.05) is 0 Å². The number of nitrogens with one attached hydrogen (secondary N) is 1. The van der Waals surface area contributed by atoms with Crippen LogP contribution in [0.25, 0.3) is 0 Å². The second-order valence-corrected chi connectivity index (χ2v) is 6.14. The molecule has 2 unspecified atom stereocenters. The summed E-state index contributed by atoms with van der Waals surface area (Å²) in [5, 5.41) is 7.81. The molecule has 0 aliphatic heterocycles. The standard InChI is InChI=1S/C14H23N5S/c1-4-11(3)19-6-5-12(18-19)7-13(17-15)8-14-16-10(2)9-20-14/h5-6,9,11,13,17H,4,7-8,15H2,1-3H3. The van der Waals surface area contributed by atoms with E-state index >= 15 is 0 Å². The van der Waals surface area contributed by atoms with Crippen molar-refractivity contribution in [3.05, 3.63) is 34.0 Å². The maximum absolute atomic E-state index is 5.66. The van der Waals surface area contributed by atoms with E-state index in [2.05, 4.69) is 40.8 Å². The smallest absolute Gasteiger partial charge is 0.0944 e. The molecule has 110 valence electrons. The lowest BCUT2D eigenvalue weighted by molar-refractivity contribution is 0.464. The van der Waals surface area contributed by atoms with E-state index < -0.39 is 0 Å². The molecule has 0 bridgehead atoms. The average molecular weight is 293 g/mol. The Balaban J connectivity index is 1.97. The summed E-state index contributed by atoms with van der Waals surface area (Å²) in [6, 6.07) is 2.68.